The van der Waals surface area contributed by atoms with E-state index >= 15 is 0 Å². The van der Waals surface area contributed by atoms with Crippen molar-refractivity contribution in [3.63, 3.8) is 0 Å². The quantitative estimate of drug-likeness (QED) is 0.817. The number of carbonyl (C=O) groups is 2. The lowest BCUT2D eigenvalue weighted by Gasteiger charge is -2.31. The number of carbonyl (C=O) groups excluding carboxylic acids is 2. The number of nitrogens with one attached hydrogen (secondary N) is 1. The van der Waals surface area contributed by atoms with Gasteiger partial charge in [0.1, 0.15) is 12.6 Å². The molecular formula is C12H15N3O2. The molecule has 1 aliphatic rings. The number of pyridine rings is 1. The zero-order chi connectivity index (χ0) is 12.3. The largest absolute Gasteiger partial charge is 0.343 e. The van der Waals surface area contributed by atoms with Crippen molar-refractivity contribution in [3.8, 4) is 0 Å². The van der Waals surface area contributed by atoms with E-state index in [1.165, 1.54) is 0 Å². The van der Waals surface area contributed by atoms with Crippen LogP contribution < -0.4 is 5.32 Å². The molecule has 17 heavy (non-hydrogen) atoms. The lowest BCUT2D eigenvalue weighted by molar-refractivity contribution is -0.145. The summed E-state index contributed by atoms with van der Waals surface area (Å²) in [6.45, 7) is 2.39. The number of hydrogen-bond acceptors (Lipinski definition) is 3. The lowest BCUT2D eigenvalue weighted by Crippen LogP contribution is -2.57. The molecule has 1 fully saturated rings. The van der Waals surface area contributed by atoms with Gasteiger partial charge >= 0.3 is 0 Å². The van der Waals surface area contributed by atoms with Gasteiger partial charge in [0.2, 0.25) is 11.8 Å². The van der Waals surface area contributed by atoms with Crippen molar-refractivity contribution < 1.29 is 9.59 Å². The highest BCUT2D eigenvalue weighted by Gasteiger charge is 2.31. The third-order valence-electron chi connectivity index (χ3n) is 2.77. The van der Waals surface area contributed by atoms with E-state index in [9.17, 15) is 9.59 Å². The van der Waals surface area contributed by atoms with Gasteiger partial charge in [0.15, 0.2) is 0 Å². The Morgan fingerprint density at radius 1 is 1.47 bits per heavy atom. The number of aromatic nitrogens is 1. The second kappa shape index (κ2) is 4.95. The first-order chi connectivity index (χ1) is 8.20. The lowest BCUT2D eigenvalue weighted by atomic mass is 10.1. The maximum absolute atomic E-state index is 12.0. The Labute approximate surface area is 99.8 Å². The van der Waals surface area contributed by atoms with Crippen LogP contribution in [-0.2, 0) is 16.1 Å². The van der Waals surface area contributed by atoms with Crippen molar-refractivity contribution in [2.45, 2.75) is 25.9 Å². The predicted octanol–water partition coefficient (Wildman–Crippen LogP) is 0.319. The Kier molecular flexibility index (Phi) is 3.37. The minimum absolute atomic E-state index is 0.0299. The van der Waals surface area contributed by atoms with Gasteiger partial charge in [-0.25, -0.2) is 0 Å². The first-order valence-corrected chi connectivity index (χ1v) is 5.68. The van der Waals surface area contributed by atoms with Crippen LogP contribution in [0.15, 0.2) is 24.4 Å². The van der Waals surface area contributed by atoms with E-state index in [1.54, 1.807) is 11.1 Å². The van der Waals surface area contributed by atoms with Crippen LogP contribution in [0.25, 0.3) is 0 Å². The highest BCUT2D eigenvalue weighted by atomic mass is 16.2. The van der Waals surface area contributed by atoms with Crippen molar-refractivity contribution in [1.82, 2.24) is 15.2 Å². The monoisotopic (exact) mass is 233 g/mol. The van der Waals surface area contributed by atoms with E-state index in [0.717, 1.165) is 5.69 Å². The molecule has 0 aliphatic carbocycles. The summed E-state index contributed by atoms with van der Waals surface area (Å²) in [6.07, 6.45) is 2.30. The van der Waals surface area contributed by atoms with Gasteiger partial charge in [-0.05, 0) is 18.6 Å². The van der Waals surface area contributed by atoms with Gasteiger partial charge in [-0.15, -0.1) is 0 Å². The molecule has 0 spiro atoms. The van der Waals surface area contributed by atoms with Crippen LogP contribution in [0.1, 0.15) is 19.0 Å². The molecule has 2 amide bonds. The normalized spacial score (nSPS) is 20.3. The average molecular weight is 233 g/mol. The fraction of sp³-hybridized carbons (Fsp3) is 0.417. The molecule has 2 heterocycles. The molecule has 1 saturated heterocycles. The minimum Gasteiger partial charge on any atom is -0.343 e. The number of amides is 2. The van der Waals surface area contributed by atoms with Gasteiger partial charge in [0, 0.05) is 6.20 Å². The van der Waals surface area contributed by atoms with Gasteiger partial charge < -0.3 is 10.2 Å². The van der Waals surface area contributed by atoms with Crippen LogP contribution in [0.5, 0.6) is 0 Å². The van der Waals surface area contributed by atoms with Crippen LogP contribution in [0.2, 0.25) is 0 Å². The molecule has 1 atom stereocenters. The summed E-state index contributed by atoms with van der Waals surface area (Å²) >= 11 is 0. The van der Waals surface area contributed by atoms with Crippen molar-refractivity contribution >= 4 is 11.8 Å². The Bertz CT molecular complexity index is 419. The highest BCUT2D eigenvalue weighted by Crippen LogP contribution is 2.09. The summed E-state index contributed by atoms with van der Waals surface area (Å²) in [5.41, 5.74) is 0.797. The summed E-state index contributed by atoms with van der Waals surface area (Å²) in [6, 6.07) is 5.15. The molecule has 1 unspecified atom stereocenters. The van der Waals surface area contributed by atoms with Gasteiger partial charge in [-0.2, -0.15) is 0 Å². The van der Waals surface area contributed by atoms with Crippen molar-refractivity contribution in [1.29, 1.82) is 0 Å². The van der Waals surface area contributed by atoms with E-state index in [0.29, 0.717) is 13.0 Å². The number of piperazine rings is 1. The van der Waals surface area contributed by atoms with Crippen molar-refractivity contribution in [2.24, 2.45) is 0 Å². The number of hydrogen-bond donors (Lipinski definition) is 1. The molecule has 0 bridgehead atoms. The molecule has 0 saturated carbocycles. The fourth-order valence-electron chi connectivity index (χ4n) is 1.87. The Hall–Kier alpha value is -1.91. The SMILES string of the molecule is CCC1NC(=O)CN(Cc2ccccn2)C1=O. The third-order valence-corrected chi connectivity index (χ3v) is 2.77. The first kappa shape index (κ1) is 11.6. The molecular weight excluding hydrogens is 218 g/mol. The predicted molar refractivity (Wildman–Crippen MR) is 61.9 cm³/mol. The van der Waals surface area contributed by atoms with Crippen LogP contribution >= 0.6 is 0 Å². The van der Waals surface area contributed by atoms with Crippen LogP contribution in [0.4, 0.5) is 0 Å². The fourth-order valence-corrected chi connectivity index (χ4v) is 1.87. The summed E-state index contributed by atoms with van der Waals surface area (Å²) in [7, 11) is 0. The molecule has 1 N–H and O–H groups in total. The van der Waals surface area contributed by atoms with E-state index in [-0.39, 0.29) is 24.4 Å². The van der Waals surface area contributed by atoms with E-state index < -0.39 is 0 Å². The molecule has 0 radical (unpaired) electrons. The van der Waals surface area contributed by atoms with Gasteiger partial charge in [0.25, 0.3) is 0 Å². The Balaban J connectivity index is 2.09. The smallest absolute Gasteiger partial charge is 0.245 e. The molecule has 2 rings (SSSR count). The van der Waals surface area contributed by atoms with Crippen LogP contribution in [0, 0.1) is 0 Å². The zero-order valence-electron chi connectivity index (χ0n) is 9.72. The van der Waals surface area contributed by atoms with Crippen LogP contribution in [-0.4, -0.2) is 34.3 Å². The zero-order valence-corrected chi connectivity index (χ0v) is 9.72. The summed E-state index contributed by atoms with van der Waals surface area (Å²) in [4.78, 5) is 29.2. The highest BCUT2D eigenvalue weighted by molar-refractivity contribution is 5.94. The minimum atomic E-state index is -0.389. The average Bonchev–Trinajstić information content (AvgIpc) is 2.34. The second-order valence-electron chi connectivity index (χ2n) is 4.04. The molecule has 5 nitrogen and oxygen atoms in total. The van der Waals surface area contributed by atoms with E-state index in [4.69, 9.17) is 0 Å². The second-order valence-corrected chi connectivity index (χ2v) is 4.04. The molecule has 5 heteroatoms. The van der Waals surface area contributed by atoms with Gasteiger partial charge in [0.05, 0.1) is 12.2 Å². The molecule has 1 aliphatic heterocycles. The molecule has 0 aromatic carbocycles. The number of nitrogens with zero attached hydrogens (tertiary/aromatic N) is 2. The van der Waals surface area contributed by atoms with Crippen molar-refractivity contribution in [3.05, 3.63) is 30.1 Å². The topological polar surface area (TPSA) is 62.3 Å². The summed E-state index contributed by atoms with van der Waals surface area (Å²) < 4.78 is 0. The van der Waals surface area contributed by atoms with E-state index in [2.05, 4.69) is 10.3 Å². The summed E-state index contributed by atoms with van der Waals surface area (Å²) in [5.74, 6) is -0.134. The summed E-state index contributed by atoms with van der Waals surface area (Å²) in [5, 5.41) is 2.68. The van der Waals surface area contributed by atoms with Crippen LogP contribution in [0.3, 0.4) is 0 Å². The van der Waals surface area contributed by atoms with Gasteiger partial charge in [-0.1, -0.05) is 13.0 Å². The van der Waals surface area contributed by atoms with Gasteiger partial charge in [-0.3, -0.25) is 14.6 Å². The Morgan fingerprint density at radius 3 is 2.94 bits per heavy atom. The molecule has 90 valence electrons. The first-order valence-electron chi connectivity index (χ1n) is 5.68. The van der Waals surface area contributed by atoms with E-state index in [1.807, 2.05) is 25.1 Å². The standard InChI is InChI=1S/C12H15N3O2/c1-2-10-12(17)15(8-11(16)14-10)7-9-5-3-4-6-13-9/h3-6,10H,2,7-8H2,1H3,(H,14,16). The molecule has 1 aromatic heterocycles. The number of rotatable bonds is 3. The Morgan fingerprint density at radius 2 is 2.29 bits per heavy atom. The van der Waals surface area contributed by atoms with Crippen molar-refractivity contribution in [2.75, 3.05) is 6.54 Å². The maximum Gasteiger partial charge on any atom is 0.245 e. The maximum atomic E-state index is 12.0. The molecule has 1 aromatic rings. The third kappa shape index (κ3) is 2.61.